The Labute approximate surface area is 120 Å². The first-order valence-electron chi connectivity index (χ1n) is 6.79. The molecule has 0 spiro atoms. The van der Waals surface area contributed by atoms with Crippen molar-refractivity contribution in [1.29, 1.82) is 0 Å². The first-order valence-corrected chi connectivity index (χ1v) is 6.79. The molecule has 2 rings (SSSR count). The molecule has 0 saturated carbocycles. The standard InChI is InChI=1S/C17H21NO2/c1-12(14-8-10-15(19)11-9-14)18-13(2)16-6-4-5-7-17(16)20-3/h4-13,18-19H,1-3H3/t12?,13-/m0/s1. The fourth-order valence-corrected chi connectivity index (χ4v) is 2.35. The van der Waals surface area contributed by atoms with E-state index in [9.17, 15) is 5.11 Å². The topological polar surface area (TPSA) is 41.5 Å². The molecule has 0 aliphatic heterocycles. The largest absolute Gasteiger partial charge is 0.508 e. The number of rotatable bonds is 5. The summed E-state index contributed by atoms with van der Waals surface area (Å²) >= 11 is 0. The quantitative estimate of drug-likeness (QED) is 0.868. The molecule has 0 aliphatic carbocycles. The normalized spacial score (nSPS) is 13.8. The minimum Gasteiger partial charge on any atom is -0.508 e. The molecule has 3 nitrogen and oxygen atoms in total. The van der Waals surface area contributed by atoms with Crippen molar-refractivity contribution in [3.8, 4) is 11.5 Å². The highest BCUT2D eigenvalue weighted by molar-refractivity contribution is 5.36. The highest BCUT2D eigenvalue weighted by Crippen LogP contribution is 2.27. The SMILES string of the molecule is COc1ccccc1[C@H](C)NC(C)c1ccc(O)cc1. The van der Waals surface area contributed by atoms with Crippen molar-refractivity contribution in [2.45, 2.75) is 25.9 Å². The van der Waals surface area contributed by atoms with Crippen LogP contribution in [0.4, 0.5) is 0 Å². The minimum absolute atomic E-state index is 0.176. The molecule has 2 aromatic carbocycles. The van der Waals surface area contributed by atoms with Gasteiger partial charge in [0, 0.05) is 17.6 Å². The monoisotopic (exact) mass is 271 g/mol. The van der Waals surface area contributed by atoms with Gasteiger partial charge in [0.05, 0.1) is 7.11 Å². The Hall–Kier alpha value is -2.00. The number of aromatic hydroxyl groups is 1. The summed E-state index contributed by atoms with van der Waals surface area (Å²) in [6.45, 7) is 4.23. The van der Waals surface area contributed by atoms with E-state index in [1.807, 2.05) is 30.3 Å². The van der Waals surface area contributed by atoms with Gasteiger partial charge in [0.25, 0.3) is 0 Å². The van der Waals surface area contributed by atoms with Crippen molar-refractivity contribution in [2.24, 2.45) is 0 Å². The van der Waals surface area contributed by atoms with Crippen LogP contribution in [0.2, 0.25) is 0 Å². The summed E-state index contributed by atoms with van der Waals surface area (Å²) in [6.07, 6.45) is 0. The average molecular weight is 271 g/mol. The third kappa shape index (κ3) is 3.31. The maximum absolute atomic E-state index is 9.33. The number of methoxy groups -OCH3 is 1. The van der Waals surface area contributed by atoms with Gasteiger partial charge in [0.15, 0.2) is 0 Å². The maximum atomic E-state index is 9.33. The molecule has 106 valence electrons. The van der Waals surface area contributed by atoms with Gasteiger partial charge in [-0.2, -0.15) is 0 Å². The van der Waals surface area contributed by atoms with Gasteiger partial charge in [-0.05, 0) is 37.6 Å². The number of phenols is 1. The van der Waals surface area contributed by atoms with Gasteiger partial charge in [-0.15, -0.1) is 0 Å². The smallest absolute Gasteiger partial charge is 0.123 e. The van der Waals surface area contributed by atoms with Gasteiger partial charge >= 0.3 is 0 Å². The van der Waals surface area contributed by atoms with E-state index in [0.29, 0.717) is 5.75 Å². The zero-order chi connectivity index (χ0) is 14.5. The van der Waals surface area contributed by atoms with Crippen LogP contribution in [0.25, 0.3) is 0 Å². The molecule has 0 aliphatic rings. The Morgan fingerprint density at radius 2 is 1.60 bits per heavy atom. The maximum Gasteiger partial charge on any atom is 0.123 e. The number of ether oxygens (including phenoxy) is 1. The second-order valence-corrected chi connectivity index (χ2v) is 4.94. The Morgan fingerprint density at radius 3 is 2.25 bits per heavy atom. The molecule has 0 bridgehead atoms. The Bertz CT molecular complexity index is 551. The fraction of sp³-hybridized carbons (Fsp3) is 0.294. The molecule has 0 aromatic heterocycles. The number of para-hydroxylation sites is 1. The number of phenolic OH excluding ortho intramolecular Hbond substituents is 1. The van der Waals surface area contributed by atoms with Crippen LogP contribution < -0.4 is 10.1 Å². The lowest BCUT2D eigenvalue weighted by atomic mass is 10.0. The van der Waals surface area contributed by atoms with E-state index in [1.54, 1.807) is 19.2 Å². The van der Waals surface area contributed by atoms with E-state index < -0.39 is 0 Å². The zero-order valence-electron chi connectivity index (χ0n) is 12.1. The van der Waals surface area contributed by atoms with Crippen LogP contribution in [0.5, 0.6) is 11.5 Å². The predicted octanol–water partition coefficient (Wildman–Crippen LogP) is 3.81. The summed E-state index contributed by atoms with van der Waals surface area (Å²) in [5.41, 5.74) is 2.28. The summed E-state index contributed by atoms with van der Waals surface area (Å²) in [4.78, 5) is 0. The molecule has 2 atom stereocenters. The first kappa shape index (κ1) is 14.4. The number of hydrogen-bond donors (Lipinski definition) is 2. The van der Waals surface area contributed by atoms with E-state index in [1.165, 1.54) is 0 Å². The van der Waals surface area contributed by atoms with Crippen LogP contribution >= 0.6 is 0 Å². The second kappa shape index (κ2) is 6.44. The third-order valence-corrected chi connectivity index (χ3v) is 3.50. The van der Waals surface area contributed by atoms with E-state index in [4.69, 9.17) is 4.74 Å². The van der Waals surface area contributed by atoms with Crippen molar-refractivity contribution in [2.75, 3.05) is 7.11 Å². The summed E-state index contributed by atoms with van der Waals surface area (Å²) in [6, 6.07) is 15.7. The Balaban J connectivity index is 2.10. The van der Waals surface area contributed by atoms with E-state index in [-0.39, 0.29) is 12.1 Å². The minimum atomic E-state index is 0.176. The lowest BCUT2D eigenvalue weighted by Crippen LogP contribution is -2.22. The molecule has 2 N–H and O–H groups in total. The summed E-state index contributed by atoms with van der Waals surface area (Å²) in [5, 5.41) is 12.9. The van der Waals surface area contributed by atoms with Gasteiger partial charge in [0.2, 0.25) is 0 Å². The van der Waals surface area contributed by atoms with Crippen LogP contribution in [-0.2, 0) is 0 Å². The molecule has 0 amide bonds. The van der Waals surface area contributed by atoms with Crippen LogP contribution in [-0.4, -0.2) is 12.2 Å². The second-order valence-electron chi connectivity index (χ2n) is 4.94. The molecular weight excluding hydrogens is 250 g/mol. The molecule has 0 heterocycles. The van der Waals surface area contributed by atoms with Crippen LogP contribution in [0.3, 0.4) is 0 Å². The highest BCUT2D eigenvalue weighted by Gasteiger charge is 2.14. The van der Waals surface area contributed by atoms with E-state index >= 15 is 0 Å². The Morgan fingerprint density at radius 1 is 0.950 bits per heavy atom. The molecule has 0 fully saturated rings. The Kier molecular flexibility index (Phi) is 4.64. The van der Waals surface area contributed by atoms with Crippen molar-refractivity contribution >= 4 is 0 Å². The van der Waals surface area contributed by atoms with Crippen molar-refractivity contribution in [1.82, 2.24) is 5.32 Å². The molecule has 2 aromatic rings. The highest BCUT2D eigenvalue weighted by atomic mass is 16.5. The van der Waals surface area contributed by atoms with Gasteiger partial charge < -0.3 is 15.2 Å². The average Bonchev–Trinajstić information content (AvgIpc) is 2.47. The first-order chi connectivity index (χ1) is 9.61. The van der Waals surface area contributed by atoms with Crippen LogP contribution in [0.1, 0.15) is 37.1 Å². The molecular formula is C17H21NO2. The molecule has 0 saturated heterocycles. The van der Waals surface area contributed by atoms with Crippen LogP contribution in [0, 0.1) is 0 Å². The molecule has 1 unspecified atom stereocenters. The van der Waals surface area contributed by atoms with Gasteiger partial charge in [0.1, 0.15) is 11.5 Å². The summed E-state index contributed by atoms with van der Waals surface area (Å²) < 4.78 is 5.40. The fourth-order valence-electron chi connectivity index (χ4n) is 2.35. The van der Waals surface area contributed by atoms with Gasteiger partial charge in [-0.1, -0.05) is 30.3 Å². The predicted molar refractivity (Wildman–Crippen MR) is 81.1 cm³/mol. The summed E-state index contributed by atoms with van der Waals surface area (Å²) in [5.74, 6) is 1.18. The van der Waals surface area contributed by atoms with Gasteiger partial charge in [-0.3, -0.25) is 0 Å². The number of nitrogens with one attached hydrogen (secondary N) is 1. The number of hydrogen-bond acceptors (Lipinski definition) is 3. The van der Waals surface area contributed by atoms with Crippen molar-refractivity contribution in [3.05, 3.63) is 59.7 Å². The molecule has 3 heteroatoms. The van der Waals surface area contributed by atoms with Gasteiger partial charge in [-0.25, -0.2) is 0 Å². The number of benzene rings is 2. The lowest BCUT2D eigenvalue weighted by molar-refractivity contribution is 0.396. The lowest BCUT2D eigenvalue weighted by Gasteiger charge is -2.22. The zero-order valence-corrected chi connectivity index (χ0v) is 12.1. The summed E-state index contributed by atoms with van der Waals surface area (Å²) in [7, 11) is 1.69. The van der Waals surface area contributed by atoms with Crippen LogP contribution in [0.15, 0.2) is 48.5 Å². The molecule has 0 radical (unpaired) electrons. The van der Waals surface area contributed by atoms with Crippen molar-refractivity contribution < 1.29 is 9.84 Å². The van der Waals surface area contributed by atoms with E-state index in [2.05, 4.69) is 25.2 Å². The van der Waals surface area contributed by atoms with E-state index in [0.717, 1.165) is 16.9 Å². The molecule has 20 heavy (non-hydrogen) atoms. The van der Waals surface area contributed by atoms with Crippen molar-refractivity contribution in [3.63, 3.8) is 0 Å². The third-order valence-electron chi connectivity index (χ3n) is 3.50.